The summed E-state index contributed by atoms with van der Waals surface area (Å²) in [5, 5.41) is 19.4. The second kappa shape index (κ2) is 7.86. The monoisotopic (exact) mass is 419 g/mol. The Hall–Kier alpha value is -1.12. The van der Waals surface area contributed by atoms with Crippen LogP contribution in [-0.2, 0) is 16.4 Å². The Kier molecular flexibility index (Phi) is 6.40. The molecule has 0 aromatic heterocycles. The summed E-state index contributed by atoms with van der Waals surface area (Å²) in [7, 11) is -3.84. The van der Waals surface area contributed by atoms with Crippen molar-refractivity contribution in [2.45, 2.75) is 38.7 Å². The molecule has 0 atom stereocenters. The van der Waals surface area contributed by atoms with Crippen molar-refractivity contribution in [2.75, 3.05) is 13.1 Å². The number of aliphatic hydroxyl groups is 1. The summed E-state index contributed by atoms with van der Waals surface area (Å²) in [6, 6.07) is 5.18. The fraction of sp³-hybridized carbons (Fsp3) is 0.471. The molecule has 1 fully saturated rings. The molecule has 0 aliphatic carbocycles. The lowest BCUT2D eigenvalue weighted by Gasteiger charge is -2.38. The molecule has 1 aliphatic heterocycles. The van der Waals surface area contributed by atoms with Crippen LogP contribution in [0.3, 0.4) is 0 Å². The first-order valence-electron chi connectivity index (χ1n) is 8.14. The summed E-state index contributed by atoms with van der Waals surface area (Å²) >= 11 is 11.9. The zero-order valence-electron chi connectivity index (χ0n) is 14.7. The first-order chi connectivity index (χ1) is 12.0. The number of hydrogen-bond acceptors (Lipinski definition) is 5. The smallest absolute Gasteiger partial charge is 0.246 e. The van der Waals surface area contributed by atoms with Gasteiger partial charge in [0.2, 0.25) is 10.0 Å². The minimum absolute atomic E-state index is 0.0918. The normalized spacial score (nSPS) is 19.1. The Balaban J connectivity index is 2.13. The van der Waals surface area contributed by atoms with Gasteiger partial charge in [-0.15, -0.1) is 0 Å². The molecule has 1 aliphatic rings. The van der Waals surface area contributed by atoms with Crippen molar-refractivity contribution < 1.29 is 13.5 Å². The van der Waals surface area contributed by atoms with Crippen LogP contribution in [-0.4, -0.2) is 42.2 Å². The number of sulfonamides is 1. The molecule has 1 aromatic carbocycles. The molecule has 144 valence electrons. The van der Waals surface area contributed by atoms with Crippen LogP contribution in [0.1, 0.15) is 32.3 Å². The van der Waals surface area contributed by atoms with E-state index in [0.717, 1.165) is 5.56 Å². The number of halogens is 2. The van der Waals surface area contributed by atoms with Gasteiger partial charge < -0.3 is 16.2 Å². The van der Waals surface area contributed by atoms with Gasteiger partial charge >= 0.3 is 0 Å². The van der Waals surface area contributed by atoms with Crippen molar-refractivity contribution in [2.24, 2.45) is 5.73 Å². The highest BCUT2D eigenvalue weighted by Crippen LogP contribution is 2.31. The maximum Gasteiger partial charge on any atom is 0.246 e. The van der Waals surface area contributed by atoms with E-state index in [1.165, 1.54) is 18.2 Å². The second-order valence-electron chi connectivity index (χ2n) is 6.69. The van der Waals surface area contributed by atoms with Crippen LogP contribution in [0.25, 0.3) is 0 Å². The lowest BCUT2D eigenvalue weighted by Crippen LogP contribution is -2.48. The molecular formula is C17H23Cl2N3O3S. The third-order valence-electron chi connectivity index (χ3n) is 4.47. The predicted molar refractivity (Wildman–Crippen MR) is 105 cm³/mol. The molecule has 0 saturated carbocycles. The molecule has 0 spiro atoms. The topological polar surface area (TPSA) is 107 Å². The fourth-order valence-corrected chi connectivity index (χ4v) is 5.21. The SMILES string of the molecule is CC(=N)C(=C(C)N)S(=O)(=O)N1CCC(O)(Cc2ccc(Cl)c(Cl)c2)CC1. The van der Waals surface area contributed by atoms with Crippen molar-refractivity contribution in [3.8, 4) is 0 Å². The van der Waals surface area contributed by atoms with Crippen LogP contribution in [0, 0.1) is 5.41 Å². The number of nitrogens with two attached hydrogens (primary N) is 1. The summed E-state index contributed by atoms with van der Waals surface area (Å²) in [4.78, 5) is -0.160. The van der Waals surface area contributed by atoms with Gasteiger partial charge in [-0.05, 0) is 44.4 Å². The van der Waals surface area contributed by atoms with Gasteiger partial charge in [0.1, 0.15) is 4.91 Å². The molecule has 0 bridgehead atoms. The van der Waals surface area contributed by atoms with Gasteiger partial charge in [0.25, 0.3) is 0 Å². The number of nitrogens with zero attached hydrogens (tertiary/aromatic N) is 1. The van der Waals surface area contributed by atoms with Crippen molar-refractivity contribution >= 4 is 38.9 Å². The Morgan fingerprint density at radius 3 is 2.31 bits per heavy atom. The molecule has 2 rings (SSSR count). The van der Waals surface area contributed by atoms with Gasteiger partial charge in [-0.3, -0.25) is 0 Å². The van der Waals surface area contributed by atoms with E-state index in [2.05, 4.69) is 0 Å². The predicted octanol–water partition coefficient (Wildman–Crippen LogP) is 2.92. The Bertz CT molecular complexity index is 841. The molecule has 1 heterocycles. The molecule has 0 unspecified atom stereocenters. The van der Waals surface area contributed by atoms with Gasteiger partial charge in [0.15, 0.2) is 0 Å². The average molecular weight is 420 g/mol. The van der Waals surface area contributed by atoms with Crippen molar-refractivity contribution in [3.63, 3.8) is 0 Å². The average Bonchev–Trinajstić information content (AvgIpc) is 2.50. The van der Waals surface area contributed by atoms with E-state index in [9.17, 15) is 13.5 Å². The Morgan fingerprint density at radius 2 is 1.85 bits per heavy atom. The van der Waals surface area contributed by atoms with E-state index < -0.39 is 15.6 Å². The van der Waals surface area contributed by atoms with Crippen LogP contribution < -0.4 is 5.73 Å². The number of hydrogen-bond donors (Lipinski definition) is 3. The van der Waals surface area contributed by atoms with Gasteiger partial charge in [-0.25, -0.2) is 8.42 Å². The van der Waals surface area contributed by atoms with E-state index in [4.69, 9.17) is 34.3 Å². The summed E-state index contributed by atoms with van der Waals surface area (Å²) in [5.41, 5.74) is 5.49. The van der Waals surface area contributed by atoms with Gasteiger partial charge in [-0.1, -0.05) is 29.3 Å². The minimum atomic E-state index is -3.84. The second-order valence-corrected chi connectivity index (χ2v) is 9.38. The number of benzene rings is 1. The number of piperidine rings is 1. The minimum Gasteiger partial charge on any atom is -0.401 e. The number of rotatable bonds is 5. The first-order valence-corrected chi connectivity index (χ1v) is 10.3. The quantitative estimate of drug-likeness (QED) is 0.637. The zero-order chi connectivity index (χ0) is 19.7. The standard InChI is InChI=1S/C17H23Cl2N3O3S/c1-11(20)16(12(2)21)26(24,25)22-7-5-17(23,6-8-22)10-13-3-4-14(18)15(19)9-13/h3-4,9,20,23H,5-8,10,21H2,1-2H3. The van der Waals surface area contributed by atoms with Gasteiger partial charge in [0.05, 0.1) is 21.4 Å². The zero-order valence-corrected chi connectivity index (χ0v) is 17.0. The highest BCUT2D eigenvalue weighted by Gasteiger charge is 2.38. The highest BCUT2D eigenvalue weighted by molar-refractivity contribution is 7.94. The van der Waals surface area contributed by atoms with E-state index in [1.54, 1.807) is 18.2 Å². The van der Waals surface area contributed by atoms with E-state index in [-0.39, 0.29) is 42.2 Å². The lowest BCUT2D eigenvalue weighted by molar-refractivity contribution is -0.00424. The number of allylic oxidation sites excluding steroid dienone is 2. The molecule has 1 saturated heterocycles. The van der Waals surface area contributed by atoms with Crippen LogP contribution in [0.5, 0.6) is 0 Å². The first kappa shape index (κ1) is 21.2. The van der Waals surface area contributed by atoms with Gasteiger partial charge in [-0.2, -0.15) is 4.31 Å². The van der Waals surface area contributed by atoms with Crippen molar-refractivity contribution in [1.29, 1.82) is 5.41 Å². The van der Waals surface area contributed by atoms with Crippen LogP contribution in [0.2, 0.25) is 10.0 Å². The summed E-state index contributed by atoms with van der Waals surface area (Å²) in [6.45, 7) is 3.18. The maximum atomic E-state index is 12.8. The highest BCUT2D eigenvalue weighted by atomic mass is 35.5. The molecule has 4 N–H and O–H groups in total. The largest absolute Gasteiger partial charge is 0.401 e. The van der Waals surface area contributed by atoms with E-state index in [1.807, 2.05) is 0 Å². The molecule has 0 amide bonds. The summed E-state index contributed by atoms with van der Waals surface area (Å²) in [6.07, 6.45) is 0.917. The third kappa shape index (κ3) is 4.58. The Morgan fingerprint density at radius 1 is 1.27 bits per heavy atom. The molecule has 9 heteroatoms. The molecular weight excluding hydrogens is 397 g/mol. The number of nitrogens with one attached hydrogen (secondary N) is 1. The summed E-state index contributed by atoms with van der Waals surface area (Å²) < 4.78 is 26.8. The summed E-state index contributed by atoms with van der Waals surface area (Å²) in [5.74, 6) is 0. The third-order valence-corrected chi connectivity index (χ3v) is 7.40. The molecule has 26 heavy (non-hydrogen) atoms. The molecule has 0 radical (unpaired) electrons. The van der Waals surface area contributed by atoms with Crippen molar-refractivity contribution in [1.82, 2.24) is 4.31 Å². The lowest BCUT2D eigenvalue weighted by atomic mass is 9.86. The van der Waals surface area contributed by atoms with Crippen LogP contribution >= 0.6 is 23.2 Å². The molecule has 6 nitrogen and oxygen atoms in total. The van der Waals surface area contributed by atoms with E-state index in [0.29, 0.717) is 16.5 Å². The van der Waals surface area contributed by atoms with Crippen LogP contribution in [0.15, 0.2) is 28.8 Å². The molecule has 1 aromatic rings. The fourth-order valence-electron chi connectivity index (χ4n) is 3.17. The van der Waals surface area contributed by atoms with Crippen molar-refractivity contribution in [3.05, 3.63) is 44.4 Å². The van der Waals surface area contributed by atoms with E-state index >= 15 is 0 Å². The van der Waals surface area contributed by atoms with Gasteiger partial charge in [0, 0.05) is 25.2 Å². The Labute approximate surface area is 164 Å². The maximum absolute atomic E-state index is 12.8. The van der Waals surface area contributed by atoms with Crippen LogP contribution in [0.4, 0.5) is 0 Å².